The van der Waals surface area contributed by atoms with Crippen LogP contribution < -0.4 is 4.74 Å². The number of methoxy groups -OCH3 is 1. The highest BCUT2D eigenvalue weighted by Gasteiger charge is 2.22. The third-order valence-electron chi connectivity index (χ3n) is 4.08. The maximum absolute atomic E-state index is 13.3. The smallest absolute Gasteiger partial charge is 0.339 e. The van der Waals surface area contributed by atoms with Crippen molar-refractivity contribution in [1.29, 1.82) is 0 Å². The highest BCUT2D eigenvalue weighted by atomic mass is 32.1. The molecule has 6 heteroatoms. The first kappa shape index (κ1) is 16.6. The van der Waals surface area contributed by atoms with Crippen LogP contribution in [0, 0.1) is 5.82 Å². The Bertz CT molecular complexity index is 781. The maximum Gasteiger partial charge on any atom is 0.339 e. The number of carbonyl (C=O) groups excluding carboxylic acids is 2. The maximum atomic E-state index is 13.3. The molecule has 3 rings (SSSR count). The molecule has 1 aromatic heterocycles. The van der Waals surface area contributed by atoms with E-state index >= 15 is 0 Å². The predicted molar refractivity (Wildman–Crippen MR) is 88.5 cm³/mol. The zero-order valence-electron chi connectivity index (χ0n) is 13.3. The van der Waals surface area contributed by atoms with Crippen LogP contribution in [0.5, 0.6) is 5.75 Å². The van der Waals surface area contributed by atoms with Gasteiger partial charge in [0.05, 0.1) is 18.2 Å². The Morgan fingerprint density at radius 3 is 2.79 bits per heavy atom. The highest BCUT2D eigenvalue weighted by molar-refractivity contribution is 7.10. The van der Waals surface area contributed by atoms with Gasteiger partial charge in [-0.1, -0.05) is 0 Å². The van der Waals surface area contributed by atoms with Gasteiger partial charge in [0.1, 0.15) is 11.6 Å². The van der Waals surface area contributed by atoms with Crippen LogP contribution in [-0.4, -0.2) is 25.5 Å². The number of ether oxygens (including phenoxy) is 2. The molecule has 24 heavy (non-hydrogen) atoms. The van der Waals surface area contributed by atoms with E-state index in [1.807, 2.05) is 0 Å². The summed E-state index contributed by atoms with van der Waals surface area (Å²) in [5.41, 5.74) is 1.67. The number of hydrogen-bond acceptors (Lipinski definition) is 5. The quantitative estimate of drug-likeness (QED) is 0.609. The van der Waals surface area contributed by atoms with Gasteiger partial charge in [0.25, 0.3) is 0 Å². The zero-order chi connectivity index (χ0) is 17.1. The SMILES string of the molecule is COc1ccc(F)cc1C(=O)COC(=O)c1csc2c1CCCC2. The van der Waals surface area contributed by atoms with Crippen molar-refractivity contribution >= 4 is 23.1 Å². The summed E-state index contributed by atoms with van der Waals surface area (Å²) in [7, 11) is 1.40. The van der Waals surface area contributed by atoms with E-state index in [0.717, 1.165) is 37.3 Å². The first-order chi connectivity index (χ1) is 11.6. The average Bonchev–Trinajstić information content (AvgIpc) is 3.03. The van der Waals surface area contributed by atoms with E-state index in [1.54, 1.807) is 16.7 Å². The monoisotopic (exact) mass is 348 g/mol. The van der Waals surface area contributed by atoms with Crippen molar-refractivity contribution in [2.75, 3.05) is 13.7 Å². The minimum absolute atomic E-state index is 0.0673. The van der Waals surface area contributed by atoms with Crippen LogP contribution in [0.2, 0.25) is 0 Å². The van der Waals surface area contributed by atoms with Gasteiger partial charge in [-0.2, -0.15) is 0 Å². The lowest BCUT2D eigenvalue weighted by atomic mass is 9.96. The van der Waals surface area contributed by atoms with Crippen LogP contribution in [0.4, 0.5) is 4.39 Å². The van der Waals surface area contributed by atoms with Crippen LogP contribution in [-0.2, 0) is 17.6 Å². The molecular formula is C18H17FO4S. The van der Waals surface area contributed by atoms with Gasteiger partial charge in [-0.25, -0.2) is 9.18 Å². The first-order valence-electron chi connectivity index (χ1n) is 7.73. The molecule has 0 saturated carbocycles. The number of thiophene rings is 1. The van der Waals surface area contributed by atoms with Crippen molar-refractivity contribution in [1.82, 2.24) is 0 Å². The molecule has 2 aromatic rings. The van der Waals surface area contributed by atoms with Crippen LogP contribution in [0.15, 0.2) is 23.6 Å². The van der Waals surface area contributed by atoms with E-state index < -0.39 is 24.2 Å². The second-order valence-electron chi connectivity index (χ2n) is 5.60. The lowest BCUT2D eigenvalue weighted by Gasteiger charge is -2.12. The van der Waals surface area contributed by atoms with Crippen molar-refractivity contribution in [3.63, 3.8) is 0 Å². The Morgan fingerprint density at radius 1 is 1.21 bits per heavy atom. The fraction of sp³-hybridized carbons (Fsp3) is 0.333. The van der Waals surface area contributed by atoms with E-state index in [1.165, 1.54) is 24.1 Å². The zero-order valence-corrected chi connectivity index (χ0v) is 14.1. The van der Waals surface area contributed by atoms with Crippen molar-refractivity contribution in [2.24, 2.45) is 0 Å². The lowest BCUT2D eigenvalue weighted by Crippen LogP contribution is -2.16. The number of esters is 1. The molecule has 1 aliphatic rings. The molecule has 0 atom stereocenters. The summed E-state index contributed by atoms with van der Waals surface area (Å²) in [5.74, 6) is -1.29. The second kappa shape index (κ2) is 7.13. The molecular weight excluding hydrogens is 331 g/mol. The summed E-state index contributed by atoms with van der Waals surface area (Å²) in [6, 6.07) is 3.67. The highest BCUT2D eigenvalue weighted by Crippen LogP contribution is 2.30. The molecule has 0 fully saturated rings. The molecule has 0 aliphatic heterocycles. The molecule has 0 radical (unpaired) electrons. The minimum Gasteiger partial charge on any atom is -0.496 e. The standard InChI is InChI=1S/C18H17FO4S/c1-22-16-7-6-11(19)8-13(16)15(20)9-23-18(21)14-10-24-17-5-3-2-4-12(14)17/h6-8,10H,2-5,9H2,1H3. The van der Waals surface area contributed by atoms with Gasteiger partial charge in [-0.05, 0) is 49.4 Å². The Kier molecular flexibility index (Phi) is 4.94. The van der Waals surface area contributed by atoms with Crippen molar-refractivity contribution in [3.05, 3.63) is 51.0 Å². The van der Waals surface area contributed by atoms with Gasteiger partial charge in [-0.15, -0.1) is 11.3 Å². The fourth-order valence-electron chi connectivity index (χ4n) is 2.85. The Morgan fingerprint density at radius 2 is 2.00 bits per heavy atom. The number of carbonyl (C=O) groups is 2. The van der Waals surface area contributed by atoms with E-state index in [4.69, 9.17) is 9.47 Å². The molecule has 0 saturated heterocycles. The van der Waals surface area contributed by atoms with E-state index in [9.17, 15) is 14.0 Å². The predicted octanol–water partition coefficient (Wildman–Crippen LogP) is 3.81. The van der Waals surface area contributed by atoms with Gasteiger partial charge < -0.3 is 9.47 Å². The Balaban J connectivity index is 1.69. The van der Waals surface area contributed by atoms with Gasteiger partial charge >= 0.3 is 5.97 Å². The number of Topliss-reactive ketones (excluding diaryl/α,β-unsaturated/α-hetero) is 1. The number of fused-ring (bicyclic) bond motifs is 1. The van der Waals surface area contributed by atoms with Crippen molar-refractivity contribution in [2.45, 2.75) is 25.7 Å². The normalized spacial score (nSPS) is 13.2. The van der Waals surface area contributed by atoms with Gasteiger partial charge in [0, 0.05) is 10.3 Å². The summed E-state index contributed by atoms with van der Waals surface area (Å²) >= 11 is 1.56. The van der Waals surface area contributed by atoms with Crippen molar-refractivity contribution in [3.8, 4) is 5.75 Å². The van der Waals surface area contributed by atoms with Gasteiger partial charge in [0.2, 0.25) is 5.78 Å². The second-order valence-corrected chi connectivity index (χ2v) is 6.57. The van der Waals surface area contributed by atoms with Crippen LogP contribution in [0.3, 0.4) is 0 Å². The summed E-state index contributed by atoms with van der Waals surface area (Å²) in [6.45, 7) is -0.441. The fourth-order valence-corrected chi connectivity index (χ4v) is 3.96. The number of ketones is 1. The summed E-state index contributed by atoms with van der Waals surface area (Å²) in [5, 5.41) is 1.80. The van der Waals surface area contributed by atoms with E-state index in [0.29, 0.717) is 5.56 Å². The van der Waals surface area contributed by atoms with Crippen LogP contribution in [0.1, 0.15) is 44.0 Å². The minimum atomic E-state index is -0.544. The first-order valence-corrected chi connectivity index (χ1v) is 8.61. The number of rotatable bonds is 5. The molecule has 0 bridgehead atoms. The third kappa shape index (κ3) is 3.33. The number of hydrogen-bond donors (Lipinski definition) is 0. The third-order valence-corrected chi connectivity index (χ3v) is 5.17. The molecule has 0 N–H and O–H groups in total. The average molecular weight is 348 g/mol. The van der Waals surface area contributed by atoms with Crippen LogP contribution in [0.25, 0.3) is 0 Å². The van der Waals surface area contributed by atoms with Crippen LogP contribution >= 0.6 is 11.3 Å². The largest absolute Gasteiger partial charge is 0.496 e. The van der Waals surface area contributed by atoms with E-state index in [2.05, 4.69) is 0 Å². The molecule has 0 unspecified atom stereocenters. The van der Waals surface area contributed by atoms with Crippen molar-refractivity contribution < 1.29 is 23.5 Å². The Labute approximate surface area is 143 Å². The number of benzene rings is 1. The summed E-state index contributed by atoms with van der Waals surface area (Å²) in [6.07, 6.45) is 4.06. The molecule has 126 valence electrons. The molecule has 1 aromatic carbocycles. The van der Waals surface area contributed by atoms with Gasteiger partial charge in [0.15, 0.2) is 6.61 Å². The lowest BCUT2D eigenvalue weighted by molar-refractivity contribution is 0.0473. The number of halogens is 1. The molecule has 1 aliphatic carbocycles. The number of aryl methyl sites for hydroxylation is 1. The Hall–Kier alpha value is -2.21. The topological polar surface area (TPSA) is 52.6 Å². The molecule has 1 heterocycles. The molecule has 0 amide bonds. The molecule has 0 spiro atoms. The van der Waals surface area contributed by atoms with Gasteiger partial charge in [-0.3, -0.25) is 4.79 Å². The summed E-state index contributed by atoms with van der Waals surface area (Å²) in [4.78, 5) is 25.7. The summed E-state index contributed by atoms with van der Waals surface area (Å²) < 4.78 is 23.5. The van der Waals surface area contributed by atoms with E-state index in [-0.39, 0.29) is 11.3 Å². The molecule has 4 nitrogen and oxygen atoms in total.